The van der Waals surface area contributed by atoms with Crippen LogP contribution in [0.15, 0.2) is 60.1 Å². The quantitative estimate of drug-likeness (QED) is 0.429. The SMILES string of the molecule is COc1ccccc1N(C(C)=O)c1nc(COC(=O)Cc2c[nH]c3ccccc23)cs1. The third-order valence-electron chi connectivity index (χ3n) is 4.76. The lowest BCUT2D eigenvalue weighted by Gasteiger charge is -2.20. The number of aromatic amines is 1. The summed E-state index contributed by atoms with van der Waals surface area (Å²) in [7, 11) is 1.55. The zero-order chi connectivity index (χ0) is 21.8. The highest BCUT2D eigenvalue weighted by Crippen LogP contribution is 2.35. The molecule has 0 aliphatic carbocycles. The number of carbonyl (C=O) groups excluding carboxylic acids is 2. The van der Waals surface area contributed by atoms with Gasteiger partial charge in [-0.1, -0.05) is 30.3 Å². The second kappa shape index (κ2) is 9.01. The maximum absolute atomic E-state index is 12.3. The van der Waals surface area contributed by atoms with E-state index < -0.39 is 0 Å². The predicted molar refractivity (Wildman–Crippen MR) is 120 cm³/mol. The van der Waals surface area contributed by atoms with Crippen molar-refractivity contribution in [1.29, 1.82) is 0 Å². The van der Waals surface area contributed by atoms with E-state index in [0.717, 1.165) is 16.5 Å². The molecule has 0 fully saturated rings. The van der Waals surface area contributed by atoms with Crippen molar-refractivity contribution in [2.45, 2.75) is 20.0 Å². The van der Waals surface area contributed by atoms with E-state index in [1.54, 1.807) is 24.6 Å². The molecule has 0 bridgehead atoms. The van der Waals surface area contributed by atoms with E-state index in [9.17, 15) is 9.59 Å². The normalized spacial score (nSPS) is 10.8. The molecule has 0 saturated carbocycles. The van der Waals surface area contributed by atoms with Crippen molar-refractivity contribution in [3.05, 3.63) is 71.4 Å². The Morgan fingerprint density at radius 1 is 1.13 bits per heavy atom. The van der Waals surface area contributed by atoms with E-state index in [1.165, 1.54) is 23.2 Å². The summed E-state index contributed by atoms with van der Waals surface area (Å²) in [6.07, 6.45) is 1.99. The average molecular weight is 436 g/mol. The van der Waals surface area contributed by atoms with Gasteiger partial charge in [-0.15, -0.1) is 11.3 Å². The van der Waals surface area contributed by atoms with Gasteiger partial charge in [0.25, 0.3) is 0 Å². The fourth-order valence-electron chi connectivity index (χ4n) is 3.33. The Labute approximate surface area is 183 Å². The molecule has 158 valence electrons. The molecule has 1 amide bonds. The van der Waals surface area contributed by atoms with Gasteiger partial charge in [0.15, 0.2) is 5.13 Å². The van der Waals surface area contributed by atoms with Gasteiger partial charge in [-0.2, -0.15) is 0 Å². The average Bonchev–Trinajstić information content (AvgIpc) is 3.40. The summed E-state index contributed by atoms with van der Waals surface area (Å²) in [6, 6.07) is 15.0. The maximum atomic E-state index is 12.3. The van der Waals surface area contributed by atoms with E-state index in [4.69, 9.17) is 9.47 Å². The number of fused-ring (bicyclic) bond motifs is 1. The molecule has 0 radical (unpaired) electrons. The minimum Gasteiger partial charge on any atom is -0.495 e. The van der Waals surface area contributed by atoms with Crippen molar-refractivity contribution in [2.24, 2.45) is 0 Å². The number of anilines is 2. The maximum Gasteiger partial charge on any atom is 0.310 e. The molecule has 1 N–H and O–H groups in total. The smallest absolute Gasteiger partial charge is 0.310 e. The molecule has 2 aromatic heterocycles. The Morgan fingerprint density at radius 2 is 1.90 bits per heavy atom. The van der Waals surface area contributed by atoms with Crippen LogP contribution in [0.3, 0.4) is 0 Å². The van der Waals surface area contributed by atoms with E-state index in [0.29, 0.717) is 22.3 Å². The first-order valence-electron chi connectivity index (χ1n) is 9.65. The van der Waals surface area contributed by atoms with Crippen LogP contribution in [0.4, 0.5) is 10.8 Å². The topological polar surface area (TPSA) is 84.5 Å². The zero-order valence-electron chi connectivity index (χ0n) is 17.1. The van der Waals surface area contributed by atoms with Gasteiger partial charge in [0.05, 0.1) is 24.9 Å². The summed E-state index contributed by atoms with van der Waals surface area (Å²) < 4.78 is 10.8. The second-order valence-electron chi connectivity index (χ2n) is 6.84. The first kappa shape index (κ1) is 20.6. The number of nitrogens with zero attached hydrogens (tertiary/aromatic N) is 2. The summed E-state index contributed by atoms with van der Waals surface area (Å²) in [4.78, 5) is 33.8. The van der Waals surface area contributed by atoms with Gasteiger partial charge in [-0.25, -0.2) is 4.98 Å². The Kier molecular flexibility index (Phi) is 5.99. The van der Waals surface area contributed by atoms with Crippen LogP contribution in [0.5, 0.6) is 5.75 Å². The number of methoxy groups -OCH3 is 1. The van der Waals surface area contributed by atoms with E-state index >= 15 is 0 Å². The van der Waals surface area contributed by atoms with Gasteiger partial charge in [0.1, 0.15) is 12.4 Å². The summed E-state index contributed by atoms with van der Waals surface area (Å²) in [5.41, 5.74) is 3.05. The Morgan fingerprint density at radius 3 is 2.71 bits per heavy atom. The zero-order valence-corrected chi connectivity index (χ0v) is 17.9. The second-order valence-corrected chi connectivity index (χ2v) is 7.68. The van der Waals surface area contributed by atoms with Crippen molar-refractivity contribution < 1.29 is 19.1 Å². The molecule has 0 unspecified atom stereocenters. The number of nitrogens with one attached hydrogen (secondary N) is 1. The fraction of sp³-hybridized carbons (Fsp3) is 0.174. The van der Waals surface area contributed by atoms with Crippen molar-refractivity contribution in [1.82, 2.24) is 9.97 Å². The van der Waals surface area contributed by atoms with Crippen LogP contribution < -0.4 is 9.64 Å². The molecule has 0 atom stereocenters. The van der Waals surface area contributed by atoms with Crippen LogP contribution in [0.1, 0.15) is 18.2 Å². The highest BCUT2D eigenvalue weighted by atomic mass is 32.1. The third-order valence-corrected chi connectivity index (χ3v) is 5.64. The largest absolute Gasteiger partial charge is 0.495 e. The molecule has 4 aromatic rings. The minimum atomic E-state index is -0.340. The lowest BCUT2D eigenvalue weighted by molar-refractivity contribution is -0.144. The lowest BCUT2D eigenvalue weighted by atomic mass is 10.1. The standard InChI is InChI=1S/C23H21N3O4S/c1-15(27)26(20-9-5-6-10-21(20)29-2)23-25-17(14-31-23)13-30-22(28)11-16-12-24-19-8-4-3-7-18(16)19/h3-10,12,14,24H,11,13H2,1-2H3. The molecule has 0 saturated heterocycles. The summed E-state index contributed by atoms with van der Waals surface area (Å²) in [5, 5.41) is 3.27. The summed E-state index contributed by atoms with van der Waals surface area (Å²) >= 11 is 1.30. The van der Waals surface area contributed by atoms with Crippen molar-refractivity contribution >= 4 is 44.9 Å². The number of aromatic nitrogens is 2. The number of carbonyl (C=O) groups is 2. The van der Waals surface area contributed by atoms with Gasteiger partial charge in [0, 0.05) is 29.4 Å². The van der Waals surface area contributed by atoms with E-state index in [1.807, 2.05) is 42.6 Å². The number of benzene rings is 2. The molecular formula is C23H21N3O4S. The van der Waals surface area contributed by atoms with Gasteiger partial charge in [-0.05, 0) is 23.8 Å². The number of rotatable bonds is 7. The van der Waals surface area contributed by atoms with Crippen molar-refractivity contribution in [2.75, 3.05) is 12.0 Å². The first-order valence-corrected chi connectivity index (χ1v) is 10.5. The Hall–Kier alpha value is -3.65. The van der Waals surface area contributed by atoms with E-state index in [2.05, 4.69) is 9.97 Å². The molecule has 4 rings (SSSR count). The molecule has 0 aliphatic heterocycles. The third kappa shape index (κ3) is 4.44. The van der Waals surface area contributed by atoms with Gasteiger partial charge >= 0.3 is 5.97 Å². The van der Waals surface area contributed by atoms with Crippen molar-refractivity contribution in [3.8, 4) is 5.75 Å². The number of para-hydroxylation sites is 3. The molecule has 2 aromatic carbocycles. The Balaban J connectivity index is 1.44. The number of hydrogen-bond donors (Lipinski definition) is 1. The fourth-order valence-corrected chi connectivity index (χ4v) is 4.19. The number of hydrogen-bond acceptors (Lipinski definition) is 6. The minimum absolute atomic E-state index is 0.0371. The molecule has 8 heteroatoms. The predicted octanol–water partition coefficient (Wildman–Crippen LogP) is 4.60. The van der Waals surface area contributed by atoms with Gasteiger partial charge in [-0.3, -0.25) is 14.5 Å². The molecule has 2 heterocycles. The van der Waals surface area contributed by atoms with Crippen LogP contribution >= 0.6 is 11.3 Å². The molecule has 31 heavy (non-hydrogen) atoms. The van der Waals surface area contributed by atoms with Gasteiger partial charge in [0.2, 0.25) is 5.91 Å². The first-order chi connectivity index (χ1) is 15.1. The number of esters is 1. The Bertz CT molecular complexity index is 1230. The van der Waals surface area contributed by atoms with Crippen LogP contribution in [-0.2, 0) is 27.4 Å². The monoisotopic (exact) mass is 435 g/mol. The highest BCUT2D eigenvalue weighted by Gasteiger charge is 2.21. The lowest BCUT2D eigenvalue weighted by Crippen LogP contribution is -2.23. The van der Waals surface area contributed by atoms with Gasteiger partial charge < -0.3 is 14.5 Å². The molecule has 7 nitrogen and oxygen atoms in total. The number of amides is 1. The van der Waals surface area contributed by atoms with Crippen LogP contribution in [0, 0.1) is 0 Å². The molecule has 0 spiro atoms. The number of thiazole rings is 1. The van der Waals surface area contributed by atoms with Crippen LogP contribution in [0.2, 0.25) is 0 Å². The number of H-pyrrole nitrogens is 1. The highest BCUT2D eigenvalue weighted by molar-refractivity contribution is 7.14. The number of ether oxygens (including phenoxy) is 2. The van der Waals surface area contributed by atoms with E-state index in [-0.39, 0.29) is 24.9 Å². The summed E-state index contributed by atoms with van der Waals surface area (Å²) in [6.45, 7) is 1.50. The molecular weight excluding hydrogens is 414 g/mol. The van der Waals surface area contributed by atoms with Crippen LogP contribution in [-0.4, -0.2) is 29.0 Å². The molecule has 0 aliphatic rings. The summed E-state index contributed by atoms with van der Waals surface area (Å²) in [5.74, 6) is 0.0359. The van der Waals surface area contributed by atoms with Crippen molar-refractivity contribution in [3.63, 3.8) is 0 Å². The van der Waals surface area contributed by atoms with Crippen LogP contribution in [0.25, 0.3) is 10.9 Å².